The SMILES string of the molecule is Cc1cccc(CNCC2(C)CC2)c1C. The van der Waals surface area contributed by atoms with Crippen molar-refractivity contribution in [3.8, 4) is 0 Å². The van der Waals surface area contributed by atoms with Gasteiger partial charge in [-0.15, -0.1) is 0 Å². The highest BCUT2D eigenvalue weighted by Gasteiger charge is 2.36. The maximum atomic E-state index is 3.57. The molecule has 15 heavy (non-hydrogen) atoms. The molecule has 82 valence electrons. The molecule has 0 aromatic heterocycles. The fourth-order valence-corrected chi connectivity index (χ4v) is 1.89. The van der Waals surface area contributed by atoms with Gasteiger partial charge in [-0.1, -0.05) is 25.1 Å². The molecule has 0 unspecified atom stereocenters. The molecule has 1 fully saturated rings. The fourth-order valence-electron chi connectivity index (χ4n) is 1.89. The first-order valence-electron chi connectivity index (χ1n) is 5.87. The number of hydrogen-bond donors (Lipinski definition) is 1. The van der Waals surface area contributed by atoms with Crippen molar-refractivity contribution in [2.75, 3.05) is 6.54 Å². The van der Waals surface area contributed by atoms with Crippen LogP contribution < -0.4 is 5.32 Å². The Labute approximate surface area is 92.9 Å². The number of rotatable bonds is 4. The predicted octanol–water partition coefficient (Wildman–Crippen LogP) is 3.19. The highest BCUT2D eigenvalue weighted by molar-refractivity contribution is 5.32. The largest absolute Gasteiger partial charge is 0.312 e. The molecule has 0 heterocycles. The van der Waals surface area contributed by atoms with E-state index in [9.17, 15) is 0 Å². The summed E-state index contributed by atoms with van der Waals surface area (Å²) in [6, 6.07) is 6.56. The average molecular weight is 203 g/mol. The molecular formula is C14H21N. The lowest BCUT2D eigenvalue weighted by molar-refractivity contribution is 0.499. The maximum absolute atomic E-state index is 3.57. The molecule has 1 nitrogen and oxygen atoms in total. The van der Waals surface area contributed by atoms with Crippen LogP contribution in [-0.2, 0) is 6.54 Å². The lowest BCUT2D eigenvalue weighted by Crippen LogP contribution is -2.22. The highest BCUT2D eigenvalue weighted by atomic mass is 14.9. The highest BCUT2D eigenvalue weighted by Crippen LogP contribution is 2.44. The van der Waals surface area contributed by atoms with E-state index in [1.54, 1.807) is 0 Å². The third kappa shape index (κ3) is 2.60. The fraction of sp³-hybridized carbons (Fsp3) is 0.571. The van der Waals surface area contributed by atoms with Crippen LogP contribution in [0, 0.1) is 19.3 Å². The summed E-state index contributed by atoms with van der Waals surface area (Å²) < 4.78 is 0. The van der Waals surface area contributed by atoms with E-state index in [-0.39, 0.29) is 0 Å². The van der Waals surface area contributed by atoms with Crippen LogP contribution in [0.4, 0.5) is 0 Å². The van der Waals surface area contributed by atoms with Gasteiger partial charge in [-0.3, -0.25) is 0 Å². The Bertz CT molecular complexity index is 350. The number of hydrogen-bond acceptors (Lipinski definition) is 1. The topological polar surface area (TPSA) is 12.0 Å². The zero-order valence-corrected chi connectivity index (χ0v) is 10.1. The van der Waals surface area contributed by atoms with Gasteiger partial charge in [-0.05, 0) is 48.8 Å². The summed E-state index contributed by atoms with van der Waals surface area (Å²) in [5.74, 6) is 0. The third-order valence-corrected chi connectivity index (χ3v) is 3.69. The maximum Gasteiger partial charge on any atom is 0.0208 e. The molecule has 1 saturated carbocycles. The molecule has 1 aliphatic carbocycles. The van der Waals surface area contributed by atoms with Crippen LogP contribution in [0.5, 0.6) is 0 Å². The molecular weight excluding hydrogens is 182 g/mol. The van der Waals surface area contributed by atoms with Crippen LogP contribution in [0.2, 0.25) is 0 Å². The van der Waals surface area contributed by atoms with Gasteiger partial charge in [0.2, 0.25) is 0 Å². The third-order valence-electron chi connectivity index (χ3n) is 3.69. The van der Waals surface area contributed by atoms with Gasteiger partial charge in [-0.2, -0.15) is 0 Å². The molecule has 1 heteroatoms. The first-order chi connectivity index (χ1) is 7.11. The number of aryl methyl sites for hydroxylation is 1. The van der Waals surface area contributed by atoms with E-state index in [0.29, 0.717) is 5.41 Å². The van der Waals surface area contributed by atoms with Crippen molar-refractivity contribution in [2.24, 2.45) is 5.41 Å². The first kappa shape index (κ1) is 10.7. The van der Waals surface area contributed by atoms with Crippen molar-refractivity contribution in [1.82, 2.24) is 5.32 Å². The minimum Gasteiger partial charge on any atom is -0.312 e. The summed E-state index contributed by atoms with van der Waals surface area (Å²) in [5.41, 5.74) is 4.88. The van der Waals surface area contributed by atoms with E-state index in [1.165, 1.54) is 36.1 Å². The monoisotopic (exact) mass is 203 g/mol. The molecule has 2 rings (SSSR count). The predicted molar refractivity (Wildman–Crippen MR) is 65.0 cm³/mol. The molecule has 0 amide bonds. The molecule has 1 aromatic rings. The van der Waals surface area contributed by atoms with Crippen molar-refractivity contribution in [3.05, 3.63) is 34.9 Å². The Kier molecular flexibility index (Phi) is 2.83. The van der Waals surface area contributed by atoms with Crippen molar-refractivity contribution >= 4 is 0 Å². The van der Waals surface area contributed by atoms with Crippen molar-refractivity contribution < 1.29 is 0 Å². The molecule has 0 saturated heterocycles. The van der Waals surface area contributed by atoms with E-state index in [1.807, 2.05) is 0 Å². The van der Waals surface area contributed by atoms with E-state index in [2.05, 4.69) is 44.3 Å². The summed E-state index contributed by atoms with van der Waals surface area (Å²) in [5, 5.41) is 3.57. The molecule has 1 aromatic carbocycles. The lowest BCUT2D eigenvalue weighted by atomic mass is 10.0. The summed E-state index contributed by atoms with van der Waals surface area (Å²) in [4.78, 5) is 0. The summed E-state index contributed by atoms with van der Waals surface area (Å²) >= 11 is 0. The van der Waals surface area contributed by atoms with Crippen LogP contribution in [0.25, 0.3) is 0 Å². The molecule has 0 spiro atoms. The second kappa shape index (κ2) is 3.97. The van der Waals surface area contributed by atoms with Gasteiger partial charge in [0.25, 0.3) is 0 Å². The van der Waals surface area contributed by atoms with E-state index in [0.717, 1.165) is 6.54 Å². The van der Waals surface area contributed by atoms with Crippen LogP contribution in [0.15, 0.2) is 18.2 Å². The molecule has 0 radical (unpaired) electrons. The van der Waals surface area contributed by atoms with Gasteiger partial charge in [0.1, 0.15) is 0 Å². The van der Waals surface area contributed by atoms with E-state index in [4.69, 9.17) is 0 Å². The van der Waals surface area contributed by atoms with Crippen molar-refractivity contribution in [2.45, 2.75) is 40.2 Å². The average Bonchev–Trinajstić information content (AvgIpc) is 2.92. The summed E-state index contributed by atoms with van der Waals surface area (Å²) in [6.45, 7) is 8.94. The van der Waals surface area contributed by atoms with E-state index < -0.39 is 0 Å². The molecule has 0 atom stereocenters. The minimum absolute atomic E-state index is 0.609. The van der Waals surface area contributed by atoms with Gasteiger partial charge in [0.05, 0.1) is 0 Å². The smallest absolute Gasteiger partial charge is 0.0208 e. The van der Waals surface area contributed by atoms with Gasteiger partial charge >= 0.3 is 0 Å². The van der Waals surface area contributed by atoms with Gasteiger partial charge in [0, 0.05) is 13.1 Å². The lowest BCUT2D eigenvalue weighted by Gasteiger charge is -2.12. The second-order valence-electron chi connectivity index (χ2n) is 5.27. The minimum atomic E-state index is 0.609. The van der Waals surface area contributed by atoms with E-state index >= 15 is 0 Å². The van der Waals surface area contributed by atoms with Crippen molar-refractivity contribution in [1.29, 1.82) is 0 Å². The Hall–Kier alpha value is -0.820. The standard InChI is InChI=1S/C14H21N/c1-11-5-4-6-13(12(11)2)9-15-10-14(3)7-8-14/h4-6,15H,7-10H2,1-3H3. The van der Waals surface area contributed by atoms with Gasteiger partial charge in [0.15, 0.2) is 0 Å². The van der Waals surface area contributed by atoms with Crippen LogP contribution >= 0.6 is 0 Å². The van der Waals surface area contributed by atoms with Gasteiger partial charge in [-0.25, -0.2) is 0 Å². The summed E-state index contributed by atoms with van der Waals surface area (Å²) in [7, 11) is 0. The molecule has 0 aliphatic heterocycles. The Morgan fingerprint density at radius 3 is 2.67 bits per heavy atom. The Balaban J connectivity index is 1.90. The zero-order valence-electron chi connectivity index (χ0n) is 10.1. The second-order valence-corrected chi connectivity index (χ2v) is 5.27. The van der Waals surface area contributed by atoms with Crippen molar-refractivity contribution in [3.63, 3.8) is 0 Å². The van der Waals surface area contributed by atoms with Gasteiger partial charge < -0.3 is 5.32 Å². The summed E-state index contributed by atoms with van der Waals surface area (Å²) in [6.07, 6.45) is 2.79. The molecule has 1 N–H and O–H groups in total. The molecule has 0 bridgehead atoms. The van der Waals surface area contributed by atoms with Crippen LogP contribution in [-0.4, -0.2) is 6.54 Å². The zero-order chi connectivity index (χ0) is 10.9. The number of benzene rings is 1. The van der Waals surface area contributed by atoms with Crippen LogP contribution in [0.1, 0.15) is 36.5 Å². The first-order valence-corrected chi connectivity index (χ1v) is 5.87. The Morgan fingerprint density at radius 1 is 1.27 bits per heavy atom. The normalized spacial score (nSPS) is 17.8. The Morgan fingerprint density at radius 2 is 2.00 bits per heavy atom. The van der Waals surface area contributed by atoms with Crippen LogP contribution in [0.3, 0.4) is 0 Å². The number of nitrogens with one attached hydrogen (secondary N) is 1. The molecule has 1 aliphatic rings. The quantitative estimate of drug-likeness (QED) is 0.792.